The van der Waals surface area contributed by atoms with Crippen LogP contribution in [0.3, 0.4) is 0 Å². The van der Waals surface area contributed by atoms with Crippen LogP contribution in [0.5, 0.6) is 0 Å². The number of carbonyl (C=O) groups is 1. The van der Waals surface area contributed by atoms with Gasteiger partial charge in [0.25, 0.3) is 5.56 Å². The third kappa shape index (κ3) is 4.94. The van der Waals surface area contributed by atoms with Crippen LogP contribution in [0.4, 0.5) is 5.69 Å². The summed E-state index contributed by atoms with van der Waals surface area (Å²) in [6.07, 6.45) is 1.63. The summed E-state index contributed by atoms with van der Waals surface area (Å²) in [6.45, 7) is 4.44. The summed E-state index contributed by atoms with van der Waals surface area (Å²) < 4.78 is 1.30. The molecule has 0 unspecified atom stereocenters. The van der Waals surface area contributed by atoms with Gasteiger partial charge in [0.15, 0.2) is 0 Å². The Balaban J connectivity index is 1.37. The molecule has 1 amide bonds. The molecule has 1 fully saturated rings. The Labute approximate surface area is 190 Å². The lowest BCUT2D eigenvalue weighted by Crippen LogP contribution is -2.49. The Bertz CT molecular complexity index is 1110. The van der Waals surface area contributed by atoms with Crippen molar-refractivity contribution in [2.45, 2.75) is 11.8 Å². The number of halogens is 1. The summed E-state index contributed by atoms with van der Waals surface area (Å²) in [7, 11) is 0. The number of anilines is 1. The van der Waals surface area contributed by atoms with Crippen molar-refractivity contribution in [1.29, 1.82) is 0 Å². The van der Waals surface area contributed by atoms with Crippen molar-refractivity contribution in [2.75, 3.05) is 36.8 Å². The number of rotatable bonds is 5. The second-order valence-electron chi connectivity index (χ2n) is 7.37. The van der Waals surface area contributed by atoms with Crippen LogP contribution in [-0.2, 0) is 4.79 Å². The number of thioether (sulfide) groups is 1. The number of para-hydroxylation sites is 1. The summed E-state index contributed by atoms with van der Waals surface area (Å²) in [5.41, 5.74) is 2.14. The van der Waals surface area contributed by atoms with Gasteiger partial charge in [-0.05, 0) is 31.2 Å². The quantitative estimate of drug-likeness (QED) is 0.551. The fraction of sp³-hybridized carbons (Fsp3) is 0.261. The van der Waals surface area contributed by atoms with Gasteiger partial charge >= 0.3 is 0 Å². The van der Waals surface area contributed by atoms with E-state index < -0.39 is 0 Å². The van der Waals surface area contributed by atoms with Crippen LogP contribution >= 0.6 is 23.4 Å². The van der Waals surface area contributed by atoms with E-state index in [1.165, 1.54) is 10.2 Å². The normalized spacial score (nSPS) is 14.0. The molecule has 0 spiro atoms. The number of benzene rings is 2. The molecule has 0 atom stereocenters. The Morgan fingerprint density at radius 2 is 1.71 bits per heavy atom. The molecule has 160 valence electrons. The highest BCUT2D eigenvalue weighted by atomic mass is 35.5. The number of aryl methyl sites for hydroxylation is 1. The number of aromatic nitrogens is 2. The van der Waals surface area contributed by atoms with E-state index in [0.29, 0.717) is 43.3 Å². The second kappa shape index (κ2) is 9.58. The van der Waals surface area contributed by atoms with Gasteiger partial charge in [0, 0.05) is 31.1 Å². The van der Waals surface area contributed by atoms with Crippen LogP contribution in [0.15, 0.2) is 70.5 Å². The molecule has 8 heteroatoms. The van der Waals surface area contributed by atoms with Crippen molar-refractivity contribution in [3.8, 4) is 5.69 Å². The maximum absolute atomic E-state index is 12.7. The number of piperazine rings is 1. The van der Waals surface area contributed by atoms with Gasteiger partial charge in [-0.25, -0.2) is 0 Å². The lowest BCUT2D eigenvalue weighted by molar-refractivity contribution is -0.128. The number of amides is 1. The molecule has 4 rings (SSSR count). The summed E-state index contributed by atoms with van der Waals surface area (Å²) in [5, 5.41) is 4.45. The zero-order chi connectivity index (χ0) is 21.8. The van der Waals surface area contributed by atoms with Crippen molar-refractivity contribution in [3.63, 3.8) is 0 Å². The first-order chi connectivity index (χ1) is 15.0. The standard InChI is InChI=1S/C23H23ClN4O2S/c1-17-7-9-19(10-8-17)31-16-21(29)27-13-11-26(12-14-27)20-15-25-28(23(30)22(20)24)18-5-3-2-4-6-18/h2-10,15H,11-14,16H2,1H3. The van der Waals surface area contributed by atoms with Gasteiger partial charge in [-0.3, -0.25) is 9.59 Å². The van der Waals surface area contributed by atoms with E-state index in [1.54, 1.807) is 18.0 Å². The summed E-state index contributed by atoms with van der Waals surface area (Å²) in [5.74, 6) is 0.535. The van der Waals surface area contributed by atoms with Crippen LogP contribution in [0.1, 0.15) is 5.56 Å². The Morgan fingerprint density at radius 1 is 1.03 bits per heavy atom. The first-order valence-electron chi connectivity index (χ1n) is 10.1. The van der Waals surface area contributed by atoms with E-state index in [1.807, 2.05) is 59.2 Å². The number of nitrogens with zero attached hydrogens (tertiary/aromatic N) is 4. The molecule has 1 saturated heterocycles. The van der Waals surface area contributed by atoms with Crippen molar-refractivity contribution in [2.24, 2.45) is 0 Å². The highest BCUT2D eigenvalue weighted by molar-refractivity contribution is 8.00. The molecule has 0 radical (unpaired) electrons. The highest BCUT2D eigenvalue weighted by Gasteiger charge is 2.24. The number of carbonyl (C=O) groups excluding carboxylic acids is 1. The Hall–Kier alpha value is -2.77. The van der Waals surface area contributed by atoms with E-state index in [-0.39, 0.29) is 16.5 Å². The lowest BCUT2D eigenvalue weighted by atomic mass is 10.2. The molecule has 1 aliphatic rings. The third-order valence-corrected chi connectivity index (χ3v) is 6.61. The molecular weight excluding hydrogens is 432 g/mol. The van der Waals surface area contributed by atoms with E-state index in [0.717, 1.165) is 4.90 Å². The van der Waals surface area contributed by atoms with Gasteiger partial charge in [0.05, 0.1) is 23.3 Å². The molecule has 3 aromatic rings. The minimum absolute atomic E-state index is 0.119. The zero-order valence-electron chi connectivity index (χ0n) is 17.2. The molecule has 1 aliphatic heterocycles. The third-order valence-electron chi connectivity index (χ3n) is 5.26. The van der Waals surface area contributed by atoms with Gasteiger partial charge in [-0.2, -0.15) is 9.78 Å². The van der Waals surface area contributed by atoms with Crippen molar-refractivity contribution < 1.29 is 4.79 Å². The molecule has 1 aromatic heterocycles. The van der Waals surface area contributed by atoms with Gasteiger partial charge in [-0.1, -0.05) is 47.5 Å². The monoisotopic (exact) mass is 454 g/mol. The first-order valence-corrected chi connectivity index (χ1v) is 11.4. The molecule has 0 N–H and O–H groups in total. The van der Waals surface area contributed by atoms with Crippen molar-refractivity contribution in [1.82, 2.24) is 14.7 Å². The predicted octanol–water partition coefficient (Wildman–Crippen LogP) is 3.64. The van der Waals surface area contributed by atoms with E-state index in [2.05, 4.69) is 17.2 Å². The van der Waals surface area contributed by atoms with E-state index in [4.69, 9.17) is 11.6 Å². The summed E-state index contributed by atoms with van der Waals surface area (Å²) in [6, 6.07) is 17.4. The largest absolute Gasteiger partial charge is 0.365 e. The molecule has 0 bridgehead atoms. The van der Waals surface area contributed by atoms with Crippen molar-refractivity contribution in [3.05, 3.63) is 81.7 Å². The van der Waals surface area contributed by atoms with Crippen LogP contribution in [0.2, 0.25) is 5.02 Å². The fourth-order valence-corrected chi connectivity index (χ4v) is 4.51. The van der Waals surface area contributed by atoms with Gasteiger partial charge in [0.2, 0.25) is 5.91 Å². The maximum atomic E-state index is 12.7. The molecule has 31 heavy (non-hydrogen) atoms. The van der Waals surface area contributed by atoms with Crippen molar-refractivity contribution >= 4 is 35.0 Å². The number of hydrogen-bond acceptors (Lipinski definition) is 5. The second-order valence-corrected chi connectivity index (χ2v) is 8.79. The SMILES string of the molecule is Cc1ccc(SCC(=O)N2CCN(c3cnn(-c4ccccc4)c(=O)c3Cl)CC2)cc1. The molecule has 2 heterocycles. The van der Waals surface area contributed by atoms with Gasteiger partial charge < -0.3 is 9.80 Å². The van der Waals surface area contributed by atoms with E-state index in [9.17, 15) is 9.59 Å². The lowest BCUT2D eigenvalue weighted by Gasteiger charge is -2.36. The number of hydrogen-bond donors (Lipinski definition) is 0. The van der Waals surface area contributed by atoms with Crippen LogP contribution < -0.4 is 10.5 Å². The van der Waals surface area contributed by atoms with Crippen LogP contribution in [0.25, 0.3) is 5.69 Å². The average molecular weight is 455 g/mol. The molecule has 0 aliphatic carbocycles. The van der Waals surface area contributed by atoms with Crippen LogP contribution in [0, 0.1) is 6.92 Å². The predicted molar refractivity (Wildman–Crippen MR) is 126 cm³/mol. The van der Waals surface area contributed by atoms with E-state index >= 15 is 0 Å². The molecule has 6 nitrogen and oxygen atoms in total. The topological polar surface area (TPSA) is 58.4 Å². The minimum atomic E-state index is -0.349. The first kappa shape index (κ1) is 21.5. The smallest absolute Gasteiger partial charge is 0.292 e. The molecule has 0 saturated carbocycles. The Morgan fingerprint density at radius 3 is 2.39 bits per heavy atom. The van der Waals surface area contributed by atoms with Gasteiger partial charge in [-0.15, -0.1) is 11.8 Å². The molecule has 2 aromatic carbocycles. The average Bonchev–Trinajstić information content (AvgIpc) is 2.81. The minimum Gasteiger partial charge on any atom is -0.365 e. The fourth-order valence-electron chi connectivity index (χ4n) is 3.47. The Kier molecular flexibility index (Phi) is 6.63. The zero-order valence-corrected chi connectivity index (χ0v) is 18.8. The van der Waals surface area contributed by atoms with Gasteiger partial charge in [0.1, 0.15) is 5.02 Å². The summed E-state index contributed by atoms with van der Waals surface area (Å²) in [4.78, 5) is 30.3. The van der Waals surface area contributed by atoms with Crippen LogP contribution in [-0.4, -0.2) is 52.5 Å². The maximum Gasteiger partial charge on any atom is 0.292 e. The summed E-state index contributed by atoms with van der Waals surface area (Å²) >= 11 is 7.96. The highest BCUT2D eigenvalue weighted by Crippen LogP contribution is 2.24. The molecular formula is C23H23ClN4O2S.